The Labute approximate surface area is 125 Å². The minimum absolute atomic E-state index is 0.0923. The van der Waals surface area contributed by atoms with Crippen molar-refractivity contribution in [1.29, 1.82) is 0 Å². The fraction of sp³-hybridized carbons (Fsp3) is 0.368. The first-order valence-electron chi connectivity index (χ1n) is 7.83. The number of aliphatic hydroxyl groups is 2. The van der Waals surface area contributed by atoms with Crippen LogP contribution in [0.15, 0.2) is 42.5 Å². The molecule has 21 heavy (non-hydrogen) atoms. The van der Waals surface area contributed by atoms with Gasteiger partial charge in [-0.15, -0.1) is 0 Å². The van der Waals surface area contributed by atoms with Gasteiger partial charge in [0.15, 0.2) is 6.29 Å². The van der Waals surface area contributed by atoms with Crippen LogP contribution in [0.1, 0.15) is 55.1 Å². The van der Waals surface area contributed by atoms with Gasteiger partial charge < -0.3 is 10.2 Å². The molecule has 2 nitrogen and oxygen atoms in total. The summed E-state index contributed by atoms with van der Waals surface area (Å²) in [4.78, 5) is 0. The maximum absolute atomic E-state index is 9.76. The molecule has 2 aromatic rings. The summed E-state index contributed by atoms with van der Waals surface area (Å²) in [6, 6.07) is 14.5. The summed E-state index contributed by atoms with van der Waals surface area (Å²) in [6.45, 7) is 0. The van der Waals surface area contributed by atoms with Gasteiger partial charge in [-0.05, 0) is 35.1 Å². The lowest BCUT2D eigenvalue weighted by atomic mass is 9.68. The molecule has 0 heterocycles. The molecule has 1 spiro atoms. The molecule has 0 aliphatic heterocycles. The Bertz CT molecular complexity index is 682. The van der Waals surface area contributed by atoms with E-state index in [0.29, 0.717) is 5.56 Å². The van der Waals surface area contributed by atoms with Crippen LogP contribution in [0.3, 0.4) is 0 Å². The zero-order chi connectivity index (χ0) is 14.4. The molecule has 2 N–H and O–H groups in total. The standard InChI is InChI=1S/C19H20O2/c20-18(21)14-8-6-10-16-17(14)13-7-2-3-9-15(13)19(16)11-4-1-5-12-19/h2-3,6-10,18,20-21H,1,4-5,11-12H2. The van der Waals surface area contributed by atoms with Crippen molar-refractivity contribution in [3.63, 3.8) is 0 Å². The summed E-state index contributed by atoms with van der Waals surface area (Å²) in [7, 11) is 0. The molecule has 0 amide bonds. The van der Waals surface area contributed by atoms with Gasteiger partial charge in [-0.25, -0.2) is 0 Å². The van der Waals surface area contributed by atoms with Gasteiger partial charge in [0, 0.05) is 11.0 Å². The molecule has 2 aromatic carbocycles. The van der Waals surface area contributed by atoms with Gasteiger partial charge in [0.25, 0.3) is 0 Å². The Balaban J connectivity index is 2.04. The molecule has 108 valence electrons. The molecule has 0 aromatic heterocycles. The molecule has 0 unspecified atom stereocenters. The maximum Gasteiger partial charge on any atom is 0.179 e. The van der Waals surface area contributed by atoms with Crippen LogP contribution in [0.2, 0.25) is 0 Å². The third-order valence-corrected chi connectivity index (χ3v) is 5.31. The zero-order valence-electron chi connectivity index (χ0n) is 12.0. The van der Waals surface area contributed by atoms with E-state index in [1.807, 2.05) is 18.2 Å². The number of rotatable bonds is 1. The van der Waals surface area contributed by atoms with Gasteiger partial charge in [0.2, 0.25) is 0 Å². The van der Waals surface area contributed by atoms with Crippen LogP contribution in [0.5, 0.6) is 0 Å². The van der Waals surface area contributed by atoms with Crippen LogP contribution in [0.25, 0.3) is 11.1 Å². The minimum atomic E-state index is -1.41. The quantitative estimate of drug-likeness (QED) is 0.778. The fourth-order valence-electron chi connectivity index (χ4n) is 4.44. The van der Waals surface area contributed by atoms with E-state index >= 15 is 0 Å². The van der Waals surface area contributed by atoms with Crippen molar-refractivity contribution < 1.29 is 10.2 Å². The van der Waals surface area contributed by atoms with Crippen LogP contribution in [-0.4, -0.2) is 10.2 Å². The van der Waals surface area contributed by atoms with Gasteiger partial charge >= 0.3 is 0 Å². The zero-order valence-corrected chi connectivity index (χ0v) is 12.0. The Kier molecular flexibility index (Phi) is 2.91. The first-order chi connectivity index (χ1) is 10.2. The maximum atomic E-state index is 9.76. The second-order valence-electron chi connectivity index (χ2n) is 6.33. The molecule has 1 fully saturated rings. The summed E-state index contributed by atoms with van der Waals surface area (Å²) >= 11 is 0. The average molecular weight is 280 g/mol. The van der Waals surface area contributed by atoms with Crippen molar-refractivity contribution in [2.45, 2.75) is 43.8 Å². The molecule has 4 rings (SSSR count). The average Bonchev–Trinajstić information content (AvgIpc) is 2.79. The molecule has 2 heteroatoms. The van der Waals surface area contributed by atoms with Crippen molar-refractivity contribution in [2.24, 2.45) is 0 Å². The molecular weight excluding hydrogens is 260 g/mol. The van der Waals surface area contributed by atoms with E-state index in [2.05, 4.69) is 24.3 Å². The van der Waals surface area contributed by atoms with Crippen LogP contribution >= 0.6 is 0 Å². The Morgan fingerprint density at radius 1 is 0.810 bits per heavy atom. The van der Waals surface area contributed by atoms with E-state index in [9.17, 15) is 10.2 Å². The highest BCUT2D eigenvalue weighted by molar-refractivity contribution is 5.83. The monoisotopic (exact) mass is 280 g/mol. The minimum Gasteiger partial charge on any atom is -0.364 e. The molecule has 0 atom stereocenters. The predicted molar refractivity (Wildman–Crippen MR) is 82.9 cm³/mol. The van der Waals surface area contributed by atoms with E-state index in [1.165, 1.54) is 48.8 Å². The first kappa shape index (κ1) is 13.1. The van der Waals surface area contributed by atoms with Gasteiger partial charge in [0.05, 0.1) is 0 Å². The highest BCUT2D eigenvalue weighted by atomic mass is 16.5. The SMILES string of the molecule is OC(O)c1cccc2c1-c1ccccc1C21CCCCC1. The van der Waals surface area contributed by atoms with Crippen LogP contribution in [0.4, 0.5) is 0 Å². The van der Waals surface area contributed by atoms with E-state index in [4.69, 9.17) is 0 Å². The summed E-state index contributed by atoms with van der Waals surface area (Å²) in [5, 5.41) is 19.5. The Morgan fingerprint density at radius 2 is 1.52 bits per heavy atom. The number of benzene rings is 2. The lowest BCUT2D eigenvalue weighted by molar-refractivity contribution is -0.0420. The largest absolute Gasteiger partial charge is 0.364 e. The van der Waals surface area contributed by atoms with Crippen LogP contribution in [0, 0.1) is 0 Å². The third-order valence-electron chi connectivity index (χ3n) is 5.31. The summed E-state index contributed by atoms with van der Waals surface area (Å²) in [5.74, 6) is 0. The van der Waals surface area contributed by atoms with E-state index in [-0.39, 0.29) is 5.41 Å². The second kappa shape index (κ2) is 4.69. The van der Waals surface area contributed by atoms with Crippen molar-refractivity contribution in [3.05, 3.63) is 59.2 Å². The Morgan fingerprint density at radius 3 is 2.29 bits per heavy atom. The summed E-state index contributed by atoms with van der Waals surface area (Å²) in [5.41, 5.74) is 5.67. The smallest absolute Gasteiger partial charge is 0.179 e. The highest BCUT2D eigenvalue weighted by Crippen LogP contribution is 2.56. The van der Waals surface area contributed by atoms with Crippen LogP contribution in [-0.2, 0) is 5.41 Å². The van der Waals surface area contributed by atoms with Gasteiger partial charge in [-0.1, -0.05) is 61.7 Å². The first-order valence-corrected chi connectivity index (χ1v) is 7.83. The molecule has 2 aliphatic carbocycles. The van der Waals surface area contributed by atoms with Crippen molar-refractivity contribution in [2.75, 3.05) is 0 Å². The lowest BCUT2D eigenvalue weighted by Crippen LogP contribution is -2.28. The molecule has 0 saturated heterocycles. The molecule has 0 bridgehead atoms. The molecule has 1 saturated carbocycles. The third kappa shape index (κ3) is 1.73. The molecule has 0 radical (unpaired) electrons. The fourth-order valence-corrected chi connectivity index (χ4v) is 4.44. The predicted octanol–water partition coefficient (Wildman–Crippen LogP) is 3.90. The lowest BCUT2D eigenvalue weighted by Gasteiger charge is -2.36. The van der Waals surface area contributed by atoms with Crippen molar-refractivity contribution in [1.82, 2.24) is 0 Å². The van der Waals surface area contributed by atoms with Gasteiger partial charge in [-0.2, -0.15) is 0 Å². The normalized spacial score (nSPS) is 18.8. The Hall–Kier alpha value is -1.64. The van der Waals surface area contributed by atoms with Gasteiger partial charge in [-0.3, -0.25) is 0 Å². The number of hydrogen-bond acceptors (Lipinski definition) is 2. The van der Waals surface area contributed by atoms with E-state index in [1.54, 1.807) is 0 Å². The summed E-state index contributed by atoms with van der Waals surface area (Å²) in [6.07, 6.45) is 4.73. The van der Waals surface area contributed by atoms with Crippen molar-refractivity contribution >= 4 is 0 Å². The number of hydrogen-bond donors (Lipinski definition) is 2. The van der Waals surface area contributed by atoms with Crippen LogP contribution < -0.4 is 0 Å². The van der Waals surface area contributed by atoms with Gasteiger partial charge in [0.1, 0.15) is 0 Å². The van der Waals surface area contributed by atoms with Crippen molar-refractivity contribution in [3.8, 4) is 11.1 Å². The highest BCUT2D eigenvalue weighted by Gasteiger charge is 2.44. The number of fused-ring (bicyclic) bond motifs is 5. The number of aliphatic hydroxyl groups excluding tert-OH is 1. The van der Waals surface area contributed by atoms with E-state index in [0.717, 1.165) is 5.56 Å². The second-order valence-corrected chi connectivity index (χ2v) is 6.33. The molecule has 2 aliphatic rings. The summed E-state index contributed by atoms with van der Waals surface area (Å²) < 4.78 is 0. The van der Waals surface area contributed by atoms with E-state index < -0.39 is 6.29 Å². The topological polar surface area (TPSA) is 40.5 Å². The molecular formula is C19H20O2.